The predicted octanol–water partition coefficient (Wildman–Crippen LogP) is 4.75. The SMILES string of the molecule is CCCCC(CC)CNC(=O)CN(c1ccc(F)cc1)S(=O)(=O)c1ccc(OCC)cc1. The minimum atomic E-state index is -4.06. The number of halogens is 1. The zero-order valence-corrected chi connectivity index (χ0v) is 19.8. The Morgan fingerprint density at radius 3 is 2.28 bits per heavy atom. The molecule has 0 aliphatic rings. The molecule has 1 amide bonds. The first-order valence-electron chi connectivity index (χ1n) is 11.1. The molecule has 1 unspecified atom stereocenters. The Kier molecular flexibility index (Phi) is 9.97. The fraction of sp³-hybridized carbons (Fsp3) is 0.458. The van der Waals surface area contributed by atoms with Gasteiger partial charge in [-0.05, 0) is 67.8 Å². The lowest BCUT2D eigenvalue weighted by Gasteiger charge is -2.25. The first-order chi connectivity index (χ1) is 15.3. The smallest absolute Gasteiger partial charge is 0.264 e. The molecule has 1 atom stereocenters. The van der Waals surface area contributed by atoms with Crippen LogP contribution in [0.25, 0.3) is 0 Å². The Morgan fingerprint density at radius 2 is 1.72 bits per heavy atom. The number of ether oxygens (including phenoxy) is 1. The van der Waals surface area contributed by atoms with E-state index in [9.17, 15) is 17.6 Å². The fourth-order valence-corrected chi connectivity index (χ4v) is 4.73. The second-order valence-electron chi connectivity index (χ2n) is 7.61. The van der Waals surface area contributed by atoms with E-state index in [1.165, 1.54) is 36.4 Å². The summed E-state index contributed by atoms with van der Waals surface area (Å²) in [5, 5.41) is 2.86. The predicted molar refractivity (Wildman–Crippen MR) is 125 cm³/mol. The van der Waals surface area contributed by atoms with Gasteiger partial charge >= 0.3 is 0 Å². The summed E-state index contributed by atoms with van der Waals surface area (Å²) in [6, 6.07) is 11.1. The van der Waals surface area contributed by atoms with Crippen molar-refractivity contribution in [2.75, 3.05) is 24.0 Å². The van der Waals surface area contributed by atoms with Crippen molar-refractivity contribution < 1.29 is 22.3 Å². The largest absolute Gasteiger partial charge is 0.494 e. The lowest BCUT2D eigenvalue weighted by molar-refractivity contribution is -0.119. The average molecular weight is 465 g/mol. The Balaban J connectivity index is 2.24. The Morgan fingerprint density at radius 1 is 1.06 bits per heavy atom. The van der Waals surface area contributed by atoms with Crippen LogP contribution in [-0.2, 0) is 14.8 Å². The topological polar surface area (TPSA) is 75.7 Å². The zero-order valence-electron chi connectivity index (χ0n) is 19.0. The van der Waals surface area contributed by atoms with Crippen LogP contribution in [0.5, 0.6) is 5.75 Å². The van der Waals surface area contributed by atoms with E-state index in [1.54, 1.807) is 12.1 Å². The number of nitrogens with zero attached hydrogens (tertiary/aromatic N) is 1. The van der Waals surface area contributed by atoms with Crippen LogP contribution >= 0.6 is 0 Å². The van der Waals surface area contributed by atoms with Crippen molar-refractivity contribution in [2.24, 2.45) is 5.92 Å². The van der Waals surface area contributed by atoms with E-state index in [1.807, 2.05) is 6.92 Å². The first-order valence-corrected chi connectivity index (χ1v) is 12.5. The van der Waals surface area contributed by atoms with E-state index in [-0.39, 0.29) is 10.6 Å². The van der Waals surface area contributed by atoms with Gasteiger partial charge in [0.05, 0.1) is 17.2 Å². The summed E-state index contributed by atoms with van der Waals surface area (Å²) < 4.78 is 46.6. The van der Waals surface area contributed by atoms with Crippen LogP contribution in [0.1, 0.15) is 46.5 Å². The van der Waals surface area contributed by atoms with Crippen LogP contribution in [0, 0.1) is 11.7 Å². The van der Waals surface area contributed by atoms with E-state index in [0.29, 0.717) is 24.8 Å². The molecule has 0 saturated carbocycles. The van der Waals surface area contributed by atoms with E-state index in [2.05, 4.69) is 19.2 Å². The average Bonchev–Trinajstić information content (AvgIpc) is 2.79. The molecule has 2 aromatic rings. The quantitative estimate of drug-likeness (QED) is 0.464. The number of carbonyl (C=O) groups is 1. The lowest BCUT2D eigenvalue weighted by atomic mass is 9.99. The summed E-state index contributed by atoms with van der Waals surface area (Å²) in [5.41, 5.74) is 0.216. The number of hydrogen-bond acceptors (Lipinski definition) is 4. The zero-order chi connectivity index (χ0) is 23.6. The summed E-state index contributed by atoms with van der Waals surface area (Å²) >= 11 is 0. The highest BCUT2D eigenvalue weighted by Crippen LogP contribution is 2.25. The number of unbranched alkanes of at least 4 members (excludes halogenated alkanes) is 1. The van der Waals surface area contributed by atoms with Crippen LogP contribution in [0.2, 0.25) is 0 Å². The van der Waals surface area contributed by atoms with Gasteiger partial charge in [0.2, 0.25) is 5.91 Å². The van der Waals surface area contributed by atoms with Crippen LogP contribution < -0.4 is 14.4 Å². The second-order valence-corrected chi connectivity index (χ2v) is 9.48. The normalized spacial score (nSPS) is 12.2. The number of sulfonamides is 1. The van der Waals surface area contributed by atoms with Crippen molar-refractivity contribution >= 4 is 21.6 Å². The molecule has 2 aromatic carbocycles. The number of anilines is 1. The van der Waals surface area contributed by atoms with Gasteiger partial charge in [0.25, 0.3) is 10.0 Å². The second kappa shape index (κ2) is 12.4. The van der Waals surface area contributed by atoms with Crippen molar-refractivity contribution in [1.82, 2.24) is 5.32 Å². The molecular formula is C24H33FN2O4S. The van der Waals surface area contributed by atoms with Crippen molar-refractivity contribution in [2.45, 2.75) is 51.3 Å². The Labute approximate surface area is 190 Å². The molecule has 0 radical (unpaired) electrons. The molecule has 0 fully saturated rings. The summed E-state index contributed by atoms with van der Waals surface area (Å²) in [5.74, 6) is 0.00761. The molecule has 0 aromatic heterocycles. The van der Waals surface area contributed by atoms with Gasteiger partial charge in [-0.25, -0.2) is 12.8 Å². The summed E-state index contributed by atoms with van der Waals surface area (Å²) in [7, 11) is -4.06. The molecular weight excluding hydrogens is 431 g/mol. The number of carbonyl (C=O) groups excluding carboxylic acids is 1. The lowest BCUT2D eigenvalue weighted by Crippen LogP contribution is -2.42. The first kappa shape index (κ1) is 25.6. The molecule has 0 bridgehead atoms. The minimum absolute atomic E-state index is 0.0208. The van der Waals surface area contributed by atoms with E-state index in [0.717, 1.165) is 30.0 Å². The third-order valence-electron chi connectivity index (χ3n) is 5.26. The number of nitrogens with one attached hydrogen (secondary N) is 1. The van der Waals surface area contributed by atoms with Gasteiger partial charge in [0.15, 0.2) is 0 Å². The van der Waals surface area contributed by atoms with Crippen LogP contribution in [0.3, 0.4) is 0 Å². The van der Waals surface area contributed by atoms with Gasteiger partial charge in [-0.3, -0.25) is 9.10 Å². The van der Waals surface area contributed by atoms with Gasteiger partial charge in [-0.15, -0.1) is 0 Å². The summed E-state index contributed by atoms with van der Waals surface area (Å²) in [6.45, 7) is 6.60. The third kappa shape index (κ3) is 7.22. The number of amides is 1. The van der Waals surface area contributed by atoms with E-state index < -0.39 is 28.3 Å². The highest BCUT2D eigenvalue weighted by molar-refractivity contribution is 7.92. The number of rotatable bonds is 13. The Hall–Kier alpha value is -2.61. The highest BCUT2D eigenvalue weighted by Gasteiger charge is 2.27. The number of benzene rings is 2. The van der Waals surface area contributed by atoms with Crippen LogP contribution in [0.4, 0.5) is 10.1 Å². The standard InChI is InChI=1S/C24H33FN2O4S/c1-4-7-8-19(5-2)17-26-24(28)18-27(21-11-9-20(25)10-12-21)32(29,30)23-15-13-22(14-16-23)31-6-3/h9-16,19H,4-8,17-18H2,1-3H3,(H,26,28). The van der Waals surface area contributed by atoms with E-state index in [4.69, 9.17) is 4.74 Å². The summed E-state index contributed by atoms with van der Waals surface area (Å²) in [6.07, 6.45) is 4.12. The fourth-order valence-electron chi connectivity index (χ4n) is 3.31. The van der Waals surface area contributed by atoms with Crippen molar-refractivity contribution in [3.05, 3.63) is 54.3 Å². The van der Waals surface area contributed by atoms with Crippen LogP contribution in [-0.4, -0.2) is 34.0 Å². The van der Waals surface area contributed by atoms with Crippen molar-refractivity contribution in [3.63, 3.8) is 0 Å². The monoisotopic (exact) mass is 464 g/mol. The maximum Gasteiger partial charge on any atom is 0.264 e. The highest BCUT2D eigenvalue weighted by atomic mass is 32.2. The van der Waals surface area contributed by atoms with Gasteiger partial charge in [-0.2, -0.15) is 0 Å². The molecule has 2 rings (SSSR count). The third-order valence-corrected chi connectivity index (χ3v) is 7.04. The molecule has 32 heavy (non-hydrogen) atoms. The molecule has 8 heteroatoms. The van der Waals surface area contributed by atoms with Crippen LogP contribution in [0.15, 0.2) is 53.4 Å². The summed E-state index contributed by atoms with van der Waals surface area (Å²) in [4.78, 5) is 12.7. The van der Waals surface area contributed by atoms with Gasteiger partial charge in [0.1, 0.15) is 18.1 Å². The Bertz CT molecular complexity index is 947. The minimum Gasteiger partial charge on any atom is -0.494 e. The molecule has 0 spiro atoms. The molecule has 0 saturated heterocycles. The van der Waals surface area contributed by atoms with Gasteiger partial charge in [-0.1, -0.05) is 33.1 Å². The molecule has 1 N–H and O–H groups in total. The molecule has 0 aliphatic carbocycles. The van der Waals surface area contributed by atoms with E-state index >= 15 is 0 Å². The molecule has 6 nitrogen and oxygen atoms in total. The van der Waals surface area contributed by atoms with Gasteiger partial charge in [0, 0.05) is 6.54 Å². The molecule has 0 heterocycles. The maximum atomic E-state index is 13.4. The van der Waals surface area contributed by atoms with Crippen molar-refractivity contribution in [1.29, 1.82) is 0 Å². The molecule has 176 valence electrons. The molecule has 0 aliphatic heterocycles. The number of hydrogen-bond donors (Lipinski definition) is 1. The van der Waals surface area contributed by atoms with Crippen molar-refractivity contribution in [3.8, 4) is 5.75 Å². The van der Waals surface area contributed by atoms with Gasteiger partial charge < -0.3 is 10.1 Å². The maximum absolute atomic E-state index is 13.4.